The average Bonchev–Trinajstić information content (AvgIpc) is 2.95. The fraction of sp³-hybridized carbons (Fsp3) is 0.812. The molecule has 0 aliphatic heterocycles. The number of nitrogens with zero attached hydrogens (tertiary/aromatic N) is 2. The lowest BCUT2D eigenvalue weighted by Crippen LogP contribution is -2.28. The molecule has 3 nitrogen and oxygen atoms in total. The van der Waals surface area contributed by atoms with E-state index in [1.165, 1.54) is 54.2 Å². The van der Waals surface area contributed by atoms with Gasteiger partial charge in [0, 0.05) is 30.6 Å². The molecule has 2 aliphatic rings. The summed E-state index contributed by atoms with van der Waals surface area (Å²) >= 11 is 1.90. The summed E-state index contributed by atoms with van der Waals surface area (Å²) in [6.45, 7) is 5.53. The predicted octanol–water partition coefficient (Wildman–Crippen LogP) is 3.90. The number of hydrogen-bond donors (Lipinski definition) is 1. The van der Waals surface area contributed by atoms with Crippen LogP contribution in [0.5, 0.6) is 0 Å². The molecule has 1 N–H and O–H groups in total. The molecule has 2 aliphatic carbocycles. The van der Waals surface area contributed by atoms with Gasteiger partial charge in [0.2, 0.25) is 0 Å². The van der Waals surface area contributed by atoms with Crippen LogP contribution in [0.3, 0.4) is 0 Å². The quantitative estimate of drug-likeness (QED) is 0.862. The molecule has 0 bridgehead atoms. The van der Waals surface area contributed by atoms with Gasteiger partial charge in [-0.3, -0.25) is 0 Å². The van der Waals surface area contributed by atoms with Crippen molar-refractivity contribution in [2.24, 2.45) is 0 Å². The van der Waals surface area contributed by atoms with Crippen LogP contribution < -0.4 is 10.2 Å². The van der Waals surface area contributed by atoms with E-state index in [1.54, 1.807) is 0 Å². The maximum Gasteiger partial charge on any atom is 0.185 e. The molecule has 112 valence electrons. The Hall–Kier alpha value is -0.610. The first-order chi connectivity index (χ1) is 9.65. The van der Waals surface area contributed by atoms with Crippen molar-refractivity contribution in [2.45, 2.75) is 76.9 Å². The Labute approximate surface area is 126 Å². The molecule has 1 aromatic rings. The number of anilines is 1. The third-order valence-electron chi connectivity index (χ3n) is 4.57. The van der Waals surface area contributed by atoms with Gasteiger partial charge in [-0.25, -0.2) is 4.98 Å². The maximum atomic E-state index is 4.96. The lowest BCUT2D eigenvalue weighted by molar-refractivity contribution is 0.648. The Bertz CT molecular complexity index is 445. The van der Waals surface area contributed by atoms with E-state index in [9.17, 15) is 0 Å². The third-order valence-corrected chi connectivity index (χ3v) is 5.73. The predicted molar refractivity (Wildman–Crippen MR) is 86.7 cm³/mol. The summed E-state index contributed by atoms with van der Waals surface area (Å²) < 4.78 is 0. The molecule has 0 amide bonds. The van der Waals surface area contributed by atoms with Crippen molar-refractivity contribution in [3.8, 4) is 0 Å². The minimum absolute atomic E-state index is 0.521. The van der Waals surface area contributed by atoms with Gasteiger partial charge < -0.3 is 10.2 Å². The Morgan fingerprint density at radius 3 is 2.55 bits per heavy atom. The smallest absolute Gasteiger partial charge is 0.185 e. The number of thiazole rings is 1. The zero-order valence-electron chi connectivity index (χ0n) is 13.0. The lowest BCUT2D eigenvalue weighted by atomic mass is 10.1. The molecule has 0 saturated heterocycles. The molecule has 1 heterocycles. The Morgan fingerprint density at radius 1 is 1.25 bits per heavy atom. The zero-order chi connectivity index (χ0) is 14.1. The van der Waals surface area contributed by atoms with Gasteiger partial charge in [0.1, 0.15) is 0 Å². The lowest BCUT2D eigenvalue weighted by Gasteiger charge is -2.23. The Balaban J connectivity index is 1.74. The molecular formula is C16H27N3S. The van der Waals surface area contributed by atoms with E-state index in [1.807, 2.05) is 11.3 Å². The van der Waals surface area contributed by atoms with Crippen LogP contribution in [0.1, 0.15) is 68.9 Å². The molecule has 2 fully saturated rings. The number of rotatable bonds is 6. The summed E-state index contributed by atoms with van der Waals surface area (Å²) in [6, 6.07) is 1.48. The van der Waals surface area contributed by atoms with Crippen molar-refractivity contribution in [3.63, 3.8) is 0 Å². The largest absolute Gasteiger partial charge is 0.348 e. The fourth-order valence-electron chi connectivity index (χ4n) is 3.05. The van der Waals surface area contributed by atoms with Gasteiger partial charge in [-0.15, -0.1) is 11.3 Å². The second-order valence-electron chi connectivity index (χ2n) is 6.66. The molecule has 0 atom stereocenters. The fourth-order valence-corrected chi connectivity index (χ4v) is 4.25. The van der Waals surface area contributed by atoms with Gasteiger partial charge in [-0.2, -0.15) is 0 Å². The van der Waals surface area contributed by atoms with Crippen LogP contribution in [0.4, 0.5) is 5.13 Å². The summed E-state index contributed by atoms with van der Waals surface area (Å²) in [6.07, 6.45) is 8.14. The van der Waals surface area contributed by atoms with Crippen molar-refractivity contribution >= 4 is 16.5 Å². The van der Waals surface area contributed by atoms with E-state index in [2.05, 4.69) is 31.1 Å². The molecule has 2 saturated carbocycles. The first-order valence-electron chi connectivity index (χ1n) is 8.11. The van der Waals surface area contributed by atoms with E-state index in [0.29, 0.717) is 12.0 Å². The Morgan fingerprint density at radius 2 is 1.95 bits per heavy atom. The summed E-state index contributed by atoms with van der Waals surface area (Å²) in [7, 11) is 2.23. The van der Waals surface area contributed by atoms with E-state index >= 15 is 0 Å². The highest BCUT2D eigenvalue weighted by atomic mass is 32.1. The van der Waals surface area contributed by atoms with Crippen LogP contribution in [-0.2, 0) is 6.54 Å². The molecule has 0 radical (unpaired) electrons. The minimum Gasteiger partial charge on any atom is -0.348 e. The number of aromatic nitrogens is 1. The number of hydrogen-bond acceptors (Lipinski definition) is 4. The molecule has 0 unspecified atom stereocenters. The van der Waals surface area contributed by atoms with E-state index < -0.39 is 0 Å². The van der Waals surface area contributed by atoms with Gasteiger partial charge in [-0.1, -0.05) is 26.7 Å². The molecule has 1 aromatic heterocycles. The highest BCUT2D eigenvalue weighted by Gasteiger charge is 2.25. The summed E-state index contributed by atoms with van der Waals surface area (Å²) in [5, 5.41) is 4.87. The molecule has 20 heavy (non-hydrogen) atoms. The molecule has 3 rings (SSSR count). The van der Waals surface area contributed by atoms with Crippen molar-refractivity contribution < 1.29 is 0 Å². The monoisotopic (exact) mass is 293 g/mol. The summed E-state index contributed by atoms with van der Waals surface area (Å²) in [5.74, 6) is 0.521. The van der Waals surface area contributed by atoms with Gasteiger partial charge in [-0.05, 0) is 31.6 Å². The van der Waals surface area contributed by atoms with Crippen molar-refractivity contribution in [2.75, 3.05) is 11.9 Å². The zero-order valence-corrected chi connectivity index (χ0v) is 13.8. The standard InChI is InChI=1S/C16H27N3S/c1-11(2)15-14(10-17-12-8-9-12)20-16(18-15)19(3)13-6-4-5-7-13/h11-13,17H,4-10H2,1-3H3. The first-order valence-corrected chi connectivity index (χ1v) is 8.92. The molecule has 0 spiro atoms. The summed E-state index contributed by atoms with van der Waals surface area (Å²) in [4.78, 5) is 8.84. The molecule has 0 aromatic carbocycles. The van der Waals surface area contributed by atoms with Gasteiger partial charge in [0.15, 0.2) is 5.13 Å². The van der Waals surface area contributed by atoms with Gasteiger partial charge >= 0.3 is 0 Å². The van der Waals surface area contributed by atoms with E-state index in [0.717, 1.165) is 12.6 Å². The van der Waals surface area contributed by atoms with Crippen LogP contribution in [0.25, 0.3) is 0 Å². The average molecular weight is 293 g/mol. The molecule has 4 heteroatoms. The van der Waals surface area contributed by atoms with Gasteiger partial charge in [0.05, 0.1) is 5.69 Å². The molecular weight excluding hydrogens is 266 g/mol. The second-order valence-corrected chi connectivity index (χ2v) is 7.73. The third kappa shape index (κ3) is 3.17. The van der Waals surface area contributed by atoms with Crippen molar-refractivity contribution in [1.82, 2.24) is 10.3 Å². The van der Waals surface area contributed by atoms with Crippen LogP contribution in [0.15, 0.2) is 0 Å². The van der Waals surface area contributed by atoms with E-state index in [-0.39, 0.29) is 0 Å². The highest BCUT2D eigenvalue weighted by Crippen LogP contribution is 2.34. The van der Waals surface area contributed by atoms with Crippen molar-refractivity contribution in [1.29, 1.82) is 0 Å². The van der Waals surface area contributed by atoms with Crippen molar-refractivity contribution in [3.05, 3.63) is 10.6 Å². The highest BCUT2D eigenvalue weighted by molar-refractivity contribution is 7.15. The maximum absolute atomic E-state index is 4.96. The number of nitrogens with one attached hydrogen (secondary N) is 1. The van der Waals surface area contributed by atoms with E-state index in [4.69, 9.17) is 4.98 Å². The normalized spacial score (nSPS) is 20.0. The summed E-state index contributed by atoms with van der Waals surface area (Å²) in [5.41, 5.74) is 1.31. The van der Waals surface area contributed by atoms with Crippen LogP contribution in [0.2, 0.25) is 0 Å². The van der Waals surface area contributed by atoms with Crippen LogP contribution in [0, 0.1) is 0 Å². The topological polar surface area (TPSA) is 28.2 Å². The Kier molecular flexibility index (Phi) is 4.32. The second kappa shape index (κ2) is 6.02. The minimum atomic E-state index is 0.521. The SMILES string of the molecule is CC(C)c1nc(N(C)C2CCCC2)sc1CNC1CC1. The van der Waals surface area contributed by atoms with Crippen LogP contribution in [-0.4, -0.2) is 24.1 Å². The first kappa shape index (κ1) is 14.3. The van der Waals surface area contributed by atoms with Gasteiger partial charge in [0.25, 0.3) is 0 Å². The van der Waals surface area contributed by atoms with Crippen LogP contribution >= 0.6 is 11.3 Å².